The molecule has 150 valence electrons. The van der Waals surface area contributed by atoms with E-state index in [0.717, 1.165) is 6.07 Å². The van der Waals surface area contributed by atoms with Gasteiger partial charge in [-0.1, -0.05) is 24.3 Å². The lowest BCUT2D eigenvalue weighted by Gasteiger charge is -2.09. The minimum Gasteiger partial charge on any atom is -0.545 e. The van der Waals surface area contributed by atoms with Crippen LogP contribution in [0.5, 0.6) is 0 Å². The highest BCUT2D eigenvalue weighted by Gasteiger charge is 2.13. The molecule has 2 N–H and O–H groups in total. The molecule has 0 spiro atoms. The summed E-state index contributed by atoms with van der Waals surface area (Å²) in [6.45, 7) is 0. The lowest BCUT2D eigenvalue weighted by molar-refractivity contribution is -0.384. The molecule has 0 atom stereocenters. The van der Waals surface area contributed by atoms with Crippen molar-refractivity contribution in [2.45, 2.75) is 0 Å². The van der Waals surface area contributed by atoms with E-state index in [0.29, 0.717) is 11.4 Å². The summed E-state index contributed by atoms with van der Waals surface area (Å²) in [7, 11) is 0. The SMILES string of the molecule is O=C([O-])c1ccc(NC(=O)c2cccc(NC(=O)c3cccc([N+](=O)[O-])c3)c2)cc1. The number of hydrogen-bond donors (Lipinski definition) is 2. The Morgan fingerprint density at radius 1 is 0.700 bits per heavy atom. The van der Waals surface area contributed by atoms with E-state index in [4.69, 9.17) is 0 Å². The Hall–Kier alpha value is -4.53. The molecule has 0 aliphatic rings. The number of nitro groups is 1. The van der Waals surface area contributed by atoms with Crippen LogP contribution in [0.25, 0.3) is 0 Å². The number of carbonyl (C=O) groups excluding carboxylic acids is 3. The molecule has 0 aliphatic heterocycles. The van der Waals surface area contributed by atoms with Gasteiger partial charge in [-0.3, -0.25) is 19.7 Å². The van der Waals surface area contributed by atoms with Crippen molar-refractivity contribution < 1.29 is 24.4 Å². The van der Waals surface area contributed by atoms with Crippen LogP contribution in [-0.4, -0.2) is 22.7 Å². The van der Waals surface area contributed by atoms with Crippen molar-refractivity contribution in [3.05, 3.63) is 99.6 Å². The van der Waals surface area contributed by atoms with Gasteiger partial charge >= 0.3 is 0 Å². The molecule has 3 rings (SSSR count). The van der Waals surface area contributed by atoms with Crippen molar-refractivity contribution in [2.24, 2.45) is 0 Å². The fourth-order valence-electron chi connectivity index (χ4n) is 2.60. The lowest BCUT2D eigenvalue weighted by atomic mass is 10.1. The Labute approximate surface area is 170 Å². The molecule has 30 heavy (non-hydrogen) atoms. The molecular weight excluding hydrogens is 390 g/mol. The van der Waals surface area contributed by atoms with Crippen molar-refractivity contribution in [3.8, 4) is 0 Å². The Morgan fingerprint density at radius 2 is 1.27 bits per heavy atom. The third-order valence-electron chi connectivity index (χ3n) is 4.08. The molecule has 9 nitrogen and oxygen atoms in total. The van der Waals surface area contributed by atoms with E-state index >= 15 is 0 Å². The van der Waals surface area contributed by atoms with Crippen molar-refractivity contribution in [1.82, 2.24) is 0 Å². The molecule has 9 heteroatoms. The summed E-state index contributed by atoms with van der Waals surface area (Å²) in [5.41, 5.74) is 0.838. The monoisotopic (exact) mass is 404 g/mol. The number of nitro benzene ring substituents is 1. The Kier molecular flexibility index (Phi) is 5.83. The highest BCUT2D eigenvalue weighted by atomic mass is 16.6. The summed E-state index contributed by atoms with van der Waals surface area (Å²) in [6, 6.07) is 16.9. The van der Waals surface area contributed by atoms with Gasteiger partial charge in [0.15, 0.2) is 0 Å². The van der Waals surface area contributed by atoms with E-state index in [1.807, 2.05) is 0 Å². The summed E-state index contributed by atoms with van der Waals surface area (Å²) >= 11 is 0. The number of amides is 2. The molecule has 0 unspecified atom stereocenters. The van der Waals surface area contributed by atoms with Crippen molar-refractivity contribution in [3.63, 3.8) is 0 Å². The van der Waals surface area contributed by atoms with Gasteiger partial charge < -0.3 is 20.5 Å². The van der Waals surface area contributed by atoms with Gasteiger partial charge in [-0.15, -0.1) is 0 Å². The number of anilines is 2. The topological polar surface area (TPSA) is 141 Å². The second-order valence-corrected chi connectivity index (χ2v) is 6.16. The molecule has 0 aliphatic carbocycles. The third kappa shape index (κ3) is 4.84. The standard InChI is InChI=1S/C21H15N3O6/c25-19(22-16-9-7-13(8-10-16)21(27)28)14-3-1-5-17(11-14)23-20(26)15-4-2-6-18(12-15)24(29)30/h1-12H,(H,22,25)(H,23,26)(H,27,28)/p-1. The summed E-state index contributed by atoms with van der Waals surface area (Å²) in [6.07, 6.45) is 0. The van der Waals surface area contributed by atoms with Gasteiger partial charge in [0, 0.05) is 34.6 Å². The van der Waals surface area contributed by atoms with Crippen LogP contribution in [0.15, 0.2) is 72.8 Å². The van der Waals surface area contributed by atoms with Crippen LogP contribution < -0.4 is 15.7 Å². The van der Waals surface area contributed by atoms with E-state index in [1.54, 1.807) is 12.1 Å². The van der Waals surface area contributed by atoms with Crippen LogP contribution >= 0.6 is 0 Å². The minimum atomic E-state index is -1.32. The number of carboxylic acids is 1. The first-order valence-electron chi connectivity index (χ1n) is 8.62. The molecule has 3 aromatic carbocycles. The normalized spacial score (nSPS) is 10.1. The van der Waals surface area contributed by atoms with E-state index in [2.05, 4.69) is 10.6 Å². The average Bonchev–Trinajstić information content (AvgIpc) is 2.74. The van der Waals surface area contributed by atoms with Crippen LogP contribution in [0.2, 0.25) is 0 Å². The number of nitrogens with one attached hydrogen (secondary N) is 2. The predicted octanol–water partition coefficient (Wildman–Crippen LogP) is 2.46. The molecule has 0 radical (unpaired) electrons. The first-order valence-corrected chi connectivity index (χ1v) is 8.62. The van der Waals surface area contributed by atoms with Crippen LogP contribution in [0.3, 0.4) is 0 Å². The number of carboxylic acid groups (broad SMARTS) is 1. The van der Waals surface area contributed by atoms with Gasteiger partial charge in [0.2, 0.25) is 0 Å². The molecule has 0 bridgehead atoms. The fraction of sp³-hybridized carbons (Fsp3) is 0. The first kappa shape index (κ1) is 20.2. The minimum absolute atomic E-state index is 0.0149. The number of rotatable bonds is 6. The number of non-ortho nitro benzene ring substituents is 1. The summed E-state index contributed by atoms with van der Waals surface area (Å²) in [5.74, 6) is -2.35. The Balaban J connectivity index is 1.71. The predicted molar refractivity (Wildman–Crippen MR) is 106 cm³/mol. The molecular formula is C21H14N3O6-. The molecule has 2 amide bonds. The second kappa shape index (κ2) is 8.65. The Bertz CT molecular complexity index is 1140. The quantitative estimate of drug-likeness (QED) is 0.477. The smallest absolute Gasteiger partial charge is 0.270 e. The van der Waals surface area contributed by atoms with Crippen LogP contribution in [0.4, 0.5) is 17.1 Å². The van der Waals surface area contributed by atoms with Crippen LogP contribution in [0, 0.1) is 10.1 Å². The van der Waals surface area contributed by atoms with E-state index in [9.17, 15) is 29.6 Å². The Morgan fingerprint density at radius 3 is 1.87 bits per heavy atom. The molecule has 0 saturated heterocycles. The molecule has 0 heterocycles. The zero-order valence-electron chi connectivity index (χ0n) is 15.3. The number of aromatic carboxylic acids is 1. The van der Waals surface area contributed by atoms with Gasteiger partial charge in [-0.25, -0.2) is 0 Å². The maximum Gasteiger partial charge on any atom is 0.270 e. The summed E-state index contributed by atoms with van der Waals surface area (Å²) in [4.78, 5) is 45.8. The number of carbonyl (C=O) groups is 3. The second-order valence-electron chi connectivity index (χ2n) is 6.16. The summed E-state index contributed by atoms with van der Waals surface area (Å²) < 4.78 is 0. The highest BCUT2D eigenvalue weighted by Crippen LogP contribution is 2.17. The van der Waals surface area contributed by atoms with Gasteiger partial charge in [0.25, 0.3) is 17.5 Å². The molecule has 0 aromatic heterocycles. The maximum absolute atomic E-state index is 12.4. The molecule has 0 saturated carbocycles. The van der Waals surface area contributed by atoms with Gasteiger partial charge in [0.05, 0.1) is 10.9 Å². The number of nitrogens with zero attached hydrogens (tertiary/aromatic N) is 1. The van der Waals surface area contributed by atoms with Crippen molar-refractivity contribution in [2.75, 3.05) is 10.6 Å². The highest BCUT2D eigenvalue weighted by molar-refractivity contribution is 6.07. The maximum atomic E-state index is 12.4. The lowest BCUT2D eigenvalue weighted by Crippen LogP contribution is -2.22. The number of benzene rings is 3. The fourth-order valence-corrected chi connectivity index (χ4v) is 2.60. The zero-order chi connectivity index (χ0) is 21.7. The van der Waals surface area contributed by atoms with E-state index < -0.39 is 22.7 Å². The van der Waals surface area contributed by atoms with Crippen molar-refractivity contribution in [1.29, 1.82) is 0 Å². The third-order valence-corrected chi connectivity index (χ3v) is 4.08. The van der Waals surface area contributed by atoms with E-state index in [-0.39, 0.29) is 22.4 Å². The van der Waals surface area contributed by atoms with Gasteiger partial charge in [0.1, 0.15) is 0 Å². The first-order chi connectivity index (χ1) is 14.3. The van der Waals surface area contributed by atoms with Gasteiger partial charge in [-0.05, 0) is 42.0 Å². The summed E-state index contributed by atoms with van der Waals surface area (Å²) in [5, 5.41) is 26.8. The van der Waals surface area contributed by atoms with E-state index in [1.165, 1.54) is 54.6 Å². The zero-order valence-corrected chi connectivity index (χ0v) is 15.3. The average molecular weight is 404 g/mol. The van der Waals surface area contributed by atoms with Gasteiger partial charge in [-0.2, -0.15) is 0 Å². The number of hydrogen-bond acceptors (Lipinski definition) is 6. The van der Waals surface area contributed by atoms with Crippen molar-refractivity contribution >= 4 is 34.8 Å². The largest absolute Gasteiger partial charge is 0.545 e. The van der Waals surface area contributed by atoms with Crippen LogP contribution in [0.1, 0.15) is 31.1 Å². The molecule has 0 fully saturated rings. The van der Waals surface area contributed by atoms with Crippen LogP contribution in [-0.2, 0) is 0 Å². The molecule has 3 aromatic rings.